The van der Waals surface area contributed by atoms with Crippen LogP contribution in [0.3, 0.4) is 0 Å². The van der Waals surface area contributed by atoms with Gasteiger partial charge in [0.25, 0.3) is 0 Å². The van der Waals surface area contributed by atoms with Crippen LogP contribution < -0.4 is 0 Å². The van der Waals surface area contributed by atoms with Gasteiger partial charge >= 0.3 is 0 Å². The molecule has 0 radical (unpaired) electrons. The van der Waals surface area contributed by atoms with Crippen LogP contribution in [0.4, 0.5) is 0 Å². The first-order valence-electron chi connectivity index (χ1n) is 10.1. The molecule has 2 fully saturated rings. The number of carbonyl (C=O) groups excluding carboxylic acids is 1. The lowest BCUT2D eigenvalue weighted by Crippen LogP contribution is -2.55. The molecule has 4 rings (SSSR count). The summed E-state index contributed by atoms with van der Waals surface area (Å²) in [6, 6.07) is 16.5. The molecule has 2 aliphatic rings. The predicted octanol–water partition coefficient (Wildman–Crippen LogP) is 5.51. The third-order valence-electron chi connectivity index (χ3n) is 6.34. The van der Waals surface area contributed by atoms with E-state index in [0.717, 1.165) is 11.1 Å². The molecule has 0 spiro atoms. The monoisotopic (exact) mass is 388 g/mol. The van der Waals surface area contributed by atoms with Gasteiger partial charge in [-0.25, -0.2) is 0 Å². The van der Waals surface area contributed by atoms with Gasteiger partial charge in [0.2, 0.25) is 0 Å². The number of ether oxygens (including phenoxy) is 2. The summed E-state index contributed by atoms with van der Waals surface area (Å²) in [4.78, 5) is 13.1. The Labute approximate surface area is 173 Å². The number of carbonyl (C=O) groups is 1. The van der Waals surface area contributed by atoms with Gasteiger partial charge in [-0.1, -0.05) is 71.8 Å². The highest BCUT2D eigenvalue weighted by Gasteiger charge is 2.71. The van der Waals surface area contributed by atoms with Crippen LogP contribution in [0.25, 0.3) is 12.2 Å². The van der Waals surface area contributed by atoms with Crippen molar-refractivity contribution >= 4 is 17.9 Å². The van der Waals surface area contributed by atoms with Crippen LogP contribution in [-0.2, 0) is 14.3 Å². The third-order valence-corrected chi connectivity index (χ3v) is 6.34. The number of rotatable bonds is 4. The van der Waals surface area contributed by atoms with Crippen LogP contribution >= 0.6 is 0 Å². The fraction of sp³-hybridized carbons (Fsp3) is 0.346. The number of fused-ring (bicyclic) bond motifs is 2. The third kappa shape index (κ3) is 3.29. The van der Waals surface area contributed by atoms with E-state index in [1.807, 2.05) is 45.1 Å². The molecule has 2 saturated heterocycles. The van der Waals surface area contributed by atoms with E-state index in [0.29, 0.717) is 0 Å². The van der Waals surface area contributed by atoms with E-state index in [2.05, 4.69) is 62.4 Å². The van der Waals surface area contributed by atoms with Crippen molar-refractivity contribution in [3.8, 4) is 0 Å². The second-order valence-electron chi connectivity index (χ2n) is 8.88. The van der Waals surface area contributed by atoms with E-state index in [1.54, 1.807) is 0 Å². The molecule has 150 valence electrons. The van der Waals surface area contributed by atoms with Gasteiger partial charge in [0.1, 0.15) is 5.60 Å². The molecular weight excluding hydrogens is 360 g/mol. The Bertz CT molecular complexity index is 924. The average Bonchev–Trinajstić information content (AvgIpc) is 3.09. The number of ketones is 1. The number of aryl methyl sites for hydroxylation is 2. The van der Waals surface area contributed by atoms with Gasteiger partial charge in [0, 0.05) is 0 Å². The Morgan fingerprint density at radius 3 is 1.62 bits per heavy atom. The summed E-state index contributed by atoms with van der Waals surface area (Å²) in [5.74, 6) is -0.877. The fourth-order valence-corrected chi connectivity index (χ4v) is 3.92. The minimum Gasteiger partial charge on any atom is -0.334 e. The Hall–Kier alpha value is -2.49. The van der Waals surface area contributed by atoms with Crippen LogP contribution in [0, 0.1) is 19.3 Å². The van der Waals surface area contributed by atoms with Crippen LogP contribution in [0.2, 0.25) is 0 Å². The maximum absolute atomic E-state index is 13.1. The largest absolute Gasteiger partial charge is 0.334 e. The SMILES string of the molecule is Cc1ccc(/C=C/C2(/C=C/c3ccc(C)cc3)O[C@]3(C)O[C@H]2C(=O)C3(C)C)cc1. The van der Waals surface area contributed by atoms with Crippen molar-refractivity contribution in [1.29, 1.82) is 0 Å². The van der Waals surface area contributed by atoms with Crippen molar-refractivity contribution in [2.24, 2.45) is 5.41 Å². The fourth-order valence-electron chi connectivity index (χ4n) is 3.92. The first-order valence-corrected chi connectivity index (χ1v) is 10.1. The van der Waals surface area contributed by atoms with Crippen LogP contribution in [0.15, 0.2) is 60.7 Å². The lowest BCUT2D eigenvalue weighted by atomic mass is 9.74. The zero-order valence-corrected chi connectivity index (χ0v) is 17.7. The summed E-state index contributed by atoms with van der Waals surface area (Å²) in [5.41, 5.74) is 2.91. The molecule has 0 aromatic heterocycles. The van der Waals surface area contributed by atoms with E-state index in [4.69, 9.17) is 9.47 Å². The molecule has 2 aromatic rings. The van der Waals surface area contributed by atoms with Crippen LogP contribution in [-0.4, -0.2) is 23.3 Å². The van der Waals surface area contributed by atoms with Crippen molar-refractivity contribution in [2.45, 2.75) is 52.1 Å². The highest BCUT2D eigenvalue weighted by Crippen LogP contribution is 2.56. The zero-order valence-electron chi connectivity index (χ0n) is 17.7. The number of hydrogen-bond donors (Lipinski definition) is 0. The van der Waals surface area contributed by atoms with E-state index in [-0.39, 0.29) is 5.78 Å². The van der Waals surface area contributed by atoms with Gasteiger partial charge in [-0.2, -0.15) is 0 Å². The molecule has 0 N–H and O–H groups in total. The van der Waals surface area contributed by atoms with Gasteiger partial charge in [0.15, 0.2) is 17.7 Å². The predicted molar refractivity (Wildman–Crippen MR) is 116 cm³/mol. The summed E-state index contributed by atoms with van der Waals surface area (Å²) >= 11 is 0. The zero-order chi connectivity index (χ0) is 20.9. The Morgan fingerprint density at radius 1 is 0.793 bits per heavy atom. The summed E-state index contributed by atoms with van der Waals surface area (Å²) in [5, 5.41) is 0. The standard InChI is InChI=1S/C26H28O3/c1-18-6-10-20(11-7-18)14-16-26(17-15-21-12-8-19(2)9-13-21)23-22(27)24(3,4)25(5,28-23)29-26/h6-17,23H,1-5H3/b16-14+,17-15+/t23-,25-/m0/s1. The van der Waals surface area contributed by atoms with Crippen LogP contribution in [0.5, 0.6) is 0 Å². The van der Waals surface area contributed by atoms with Crippen molar-refractivity contribution in [3.05, 3.63) is 82.9 Å². The summed E-state index contributed by atoms with van der Waals surface area (Å²) < 4.78 is 12.6. The highest BCUT2D eigenvalue weighted by atomic mass is 16.8. The maximum Gasteiger partial charge on any atom is 0.180 e. The molecule has 0 amide bonds. The van der Waals surface area contributed by atoms with Crippen molar-refractivity contribution in [2.75, 3.05) is 0 Å². The quantitative estimate of drug-likeness (QED) is 0.693. The topological polar surface area (TPSA) is 35.5 Å². The smallest absolute Gasteiger partial charge is 0.180 e. The molecule has 29 heavy (non-hydrogen) atoms. The molecule has 3 nitrogen and oxygen atoms in total. The van der Waals surface area contributed by atoms with Crippen molar-refractivity contribution < 1.29 is 14.3 Å². The molecule has 0 saturated carbocycles. The minimum absolute atomic E-state index is 0.0772. The molecule has 2 aliphatic heterocycles. The van der Waals surface area contributed by atoms with Gasteiger partial charge in [-0.3, -0.25) is 4.79 Å². The molecule has 2 heterocycles. The van der Waals surface area contributed by atoms with Gasteiger partial charge < -0.3 is 9.47 Å². The molecule has 2 bridgehead atoms. The summed E-state index contributed by atoms with van der Waals surface area (Å²) in [6.45, 7) is 9.78. The number of Topliss-reactive ketones (excluding diaryl/α,β-unsaturated/α-hetero) is 1. The molecule has 2 atom stereocenters. The molecule has 0 unspecified atom stereocenters. The van der Waals surface area contributed by atoms with E-state index >= 15 is 0 Å². The lowest BCUT2D eigenvalue weighted by Gasteiger charge is -2.40. The van der Waals surface area contributed by atoms with E-state index in [1.165, 1.54) is 11.1 Å². The molecule has 0 aliphatic carbocycles. The van der Waals surface area contributed by atoms with Gasteiger partial charge in [-0.15, -0.1) is 0 Å². The normalized spacial score (nSPS) is 27.3. The van der Waals surface area contributed by atoms with Crippen molar-refractivity contribution in [1.82, 2.24) is 0 Å². The van der Waals surface area contributed by atoms with Gasteiger partial charge in [0.05, 0.1) is 5.41 Å². The van der Waals surface area contributed by atoms with Crippen molar-refractivity contribution in [3.63, 3.8) is 0 Å². The Balaban J connectivity index is 1.73. The highest BCUT2D eigenvalue weighted by molar-refractivity contribution is 5.94. The first kappa shape index (κ1) is 19.8. The second kappa shape index (κ2) is 6.79. The molecule has 2 aromatic carbocycles. The van der Waals surface area contributed by atoms with Gasteiger partial charge in [-0.05, 0) is 57.9 Å². The minimum atomic E-state index is -0.954. The summed E-state index contributed by atoms with van der Waals surface area (Å²) in [6.07, 6.45) is 7.28. The van der Waals surface area contributed by atoms with E-state index < -0.39 is 22.9 Å². The molecular formula is C26H28O3. The maximum atomic E-state index is 13.1. The van der Waals surface area contributed by atoms with Crippen LogP contribution in [0.1, 0.15) is 43.0 Å². The number of benzene rings is 2. The second-order valence-corrected chi connectivity index (χ2v) is 8.88. The Morgan fingerprint density at radius 2 is 1.24 bits per heavy atom. The number of hydrogen-bond acceptors (Lipinski definition) is 3. The summed E-state index contributed by atoms with van der Waals surface area (Å²) in [7, 11) is 0. The van der Waals surface area contributed by atoms with E-state index in [9.17, 15) is 4.79 Å². The Kier molecular flexibility index (Phi) is 4.64. The average molecular weight is 389 g/mol. The molecule has 3 heteroatoms. The first-order chi connectivity index (χ1) is 13.7. The lowest BCUT2D eigenvalue weighted by molar-refractivity contribution is -0.206.